The van der Waals surface area contributed by atoms with Crippen molar-refractivity contribution in [2.75, 3.05) is 31.7 Å². The van der Waals surface area contributed by atoms with Gasteiger partial charge in [-0.15, -0.1) is 0 Å². The molecule has 1 saturated heterocycles. The van der Waals surface area contributed by atoms with Gasteiger partial charge in [0, 0.05) is 18.7 Å². The average molecular weight is 263 g/mol. The Bertz CT molecular complexity index is 506. The van der Waals surface area contributed by atoms with Crippen molar-refractivity contribution in [3.05, 3.63) is 33.9 Å². The Hall–Kier alpha value is -2.17. The summed E-state index contributed by atoms with van der Waals surface area (Å²) < 4.78 is 10.7. The highest BCUT2D eigenvalue weighted by molar-refractivity contribution is 5.61. The first-order valence-electron chi connectivity index (χ1n) is 5.82. The Morgan fingerprint density at radius 1 is 1.53 bits per heavy atom. The minimum atomic E-state index is -0.525. The highest BCUT2D eigenvalue weighted by Crippen LogP contribution is 2.21. The van der Waals surface area contributed by atoms with Crippen molar-refractivity contribution in [2.24, 2.45) is 0 Å². The van der Waals surface area contributed by atoms with Crippen LogP contribution in [0.3, 0.4) is 0 Å². The molecule has 0 saturated carbocycles. The van der Waals surface area contributed by atoms with E-state index in [1.54, 1.807) is 0 Å². The topological polar surface area (TPSA) is 97.4 Å². The Morgan fingerprint density at radius 3 is 3.00 bits per heavy atom. The first-order valence-corrected chi connectivity index (χ1v) is 5.82. The van der Waals surface area contributed by atoms with Gasteiger partial charge in [0.2, 0.25) is 0 Å². The smallest absolute Gasteiger partial charge is 0.270 e. The molecule has 1 heterocycles. The van der Waals surface area contributed by atoms with Gasteiger partial charge in [0.1, 0.15) is 6.07 Å². The summed E-state index contributed by atoms with van der Waals surface area (Å²) in [6, 6.07) is 6.08. The molecule has 1 atom stereocenters. The molecule has 1 aromatic rings. The third-order valence-electron chi connectivity index (χ3n) is 2.74. The van der Waals surface area contributed by atoms with Crippen LogP contribution in [0.15, 0.2) is 18.2 Å². The van der Waals surface area contributed by atoms with Crippen molar-refractivity contribution in [2.45, 2.75) is 6.10 Å². The van der Waals surface area contributed by atoms with Gasteiger partial charge < -0.3 is 14.8 Å². The fourth-order valence-electron chi connectivity index (χ4n) is 1.77. The van der Waals surface area contributed by atoms with E-state index in [9.17, 15) is 10.1 Å². The lowest BCUT2D eigenvalue weighted by Gasteiger charge is -2.23. The van der Waals surface area contributed by atoms with Gasteiger partial charge in [0.25, 0.3) is 5.69 Å². The lowest BCUT2D eigenvalue weighted by molar-refractivity contribution is -0.384. The van der Waals surface area contributed by atoms with E-state index in [0.29, 0.717) is 32.1 Å². The number of nitro benzene ring substituents is 1. The molecule has 0 aliphatic carbocycles. The second kappa shape index (κ2) is 6.13. The first-order chi connectivity index (χ1) is 9.20. The molecule has 0 spiro atoms. The number of nitrogens with one attached hydrogen (secondary N) is 1. The van der Waals surface area contributed by atoms with Crippen molar-refractivity contribution in [1.29, 1.82) is 5.26 Å². The van der Waals surface area contributed by atoms with Crippen molar-refractivity contribution in [3.63, 3.8) is 0 Å². The Labute approximate surface area is 109 Å². The van der Waals surface area contributed by atoms with Gasteiger partial charge in [-0.05, 0) is 6.07 Å². The van der Waals surface area contributed by atoms with Crippen molar-refractivity contribution in [3.8, 4) is 6.07 Å². The van der Waals surface area contributed by atoms with Crippen LogP contribution in [0.4, 0.5) is 11.4 Å². The molecule has 1 fully saturated rings. The first kappa shape index (κ1) is 13.3. The molecule has 1 aliphatic heterocycles. The molecule has 1 unspecified atom stereocenters. The molecular weight excluding hydrogens is 250 g/mol. The summed E-state index contributed by atoms with van der Waals surface area (Å²) in [7, 11) is 0. The summed E-state index contributed by atoms with van der Waals surface area (Å²) >= 11 is 0. The monoisotopic (exact) mass is 263 g/mol. The second-order valence-corrected chi connectivity index (χ2v) is 4.05. The largest absolute Gasteiger partial charge is 0.381 e. The van der Waals surface area contributed by atoms with Crippen molar-refractivity contribution < 1.29 is 14.4 Å². The average Bonchev–Trinajstić information content (AvgIpc) is 2.45. The van der Waals surface area contributed by atoms with E-state index in [2.05, 4.69) is 5.32 Å². The molecule has 1 aromatic carbocycles. The van der Waals surface area contributed by atoms with Gasteiger partial charge in [0.05, 0.1) is 42.1 Å². The summed E-state index contributed by atoms with van der Waals surface area (Å²) in [5.41, 5.74) is 0.701. The maximum atomic E-state index is 10.6. The maximum Gasteiger partial charge on any atom is 0.270 e. The minimum Gasteiger partial charge on any atom is -0.381 e. The molecule has 0 radical (unpaired) electrons. The Morgan fingerprint density at radius 2 is 2.37 bits per heavy atom. The molecule has 7 heteroatoms. The number of benzene rings is 1. The van der Waals surface area contributed by atoms with E-state index in [0.717, 1.165) is 0 Å². The van der Waals surface area contributed by atoms with Crippen LogP contribution in [-0.2, 0) is 9.47 Å². The number of nitriles is 1. The van der Waals surface area contributed by atoms with Crippen LogP contribution in [-0.4, -0.2) is 37.4 Å². The summed E-state index contributed by atoms with van der Waals surface area (Å²) in [5.74, 6) is 0. The van der Waals surface area contributed by atoms with Gasteiger partial charge in [-0.25, -0.2) is 0 Å². The van der Waals surface area contributed by atoms with Crippen LogP contribution in [0, 0.1) is 21.4 Å². The molecule has 100 valence electrons. The quantitative estimate of drug-likeness (QED) is 0.649. The van der Waals surface area contributed by atoms with E-state index >= 15 is 0 Å². The highest BCUT2D eigenvalue weighted by Gasteiger charge is 2.15. The number of anilines is 1. The minimum absolute atomic E-state index is 0.0736. The zero-order chi connectivity index (χ0) is 13.7. The maximum absolute atomic E-state index is 10.6. The number of hydrogen-bond donors (Lipinski definition) is 1. The van der Waals surface area contributed by atoms with E-state index in [1.807, 2.05) is 6.07 Å². The lowest BCUT2D eigenvalue weighted by Crippen LogP contribution is -2.34. The summed E-state index contributed by atoms with van der Waals surface area (Å²) in [4.78, 5) is 10.1. The standard InChI is InChI=1S/C12H13N3O4/c13-6-9-5-10(15(16)17)1-2-12(9)14-7-11-8-18-3-4-19-11/h1-2,5,11,14H,3-4,7-8H2. The van der Waals surface area contributed by atoms with E-state index in [1.165, 1.54) is 18.2 Å². The van der Waals surface area contributed by atoms with Crippen LogP contribution in [0.25, 0.3) is 0 Å². The van der Waals surface area contributed by atoms with Crippen LogP contribution in [0.2, 0.25) is 0 Å². The van der Waals surface area contributed by atoms with Crippen molar-refractivity contribution in [1.82, 2.24) is 0 Å². The molecule has 1 N–H and O–H groups in total. The predicted octanol–water partition coefficient (Wildman–Crippen LogP) is 1.29. The van der Waals surface area contributed by atoms with E-state index in [-0.39, 0.29) is 17.4 Å². The zero-order valence-electron chi connectivity index (χ0n) is 10.2. The molecular formula is C12H13N3O4. The summed E-state index contributed by atoms with van der Waals surface area (Å²) in [5, 5.41) is 22.7. The molecule has 2 rings (SSSR count). The molecule has 0 bridgehead atoms. The third kappa shape index (κ3) is 3.40. The number of ether oxygens (including phenoxy) is 2. The van der Waals surface area contributed by atoms with Gasteiger partial charge in [-0.1, -0.05) is 0 Å². The number of nitrogens with zero attached hydrogens (tertiary/aromatic N) is 2. The normalized spacial score (nSPS) is 18.6. The molecule has 19 heavy (non-hydrogen) atoms. The van der Waals surface area contributed by atoms with Crippen LogP contribution in [0.5, 0.6) is 0 Å². The number of rotatable bonds is 4. The van der Waals surface area contributed by atoms with Gasteiger partial charge in [-0.2, -0.15) is 5.26 Å². The van der Waals surface area contributed by atoms with Gasteiger partial charge >= 0.3 is 0 Å². The van der Waals surface area contributed by atoms with Gasteiger partial charge in [-0.3, -0.25) is 10.1 Å². The second-order valence-electron chi connectivity index (χ2n) is 4.05. The third-order valence-corrected chi connectivity index (χ3v) is 2.74. The number of hydrogen-bond acceptors (Lipinski definition) is 6. The predicted molar refractivity (Wildman–Crippen MR) is 66.9 cm³/mol. The SMILES string of the molecule is N#Cc1cc([N+](=O)[O-])ccc1NCC1COCCO1. The molecule has 0 aromatic heterocycles. The molecule has 0 amide bonds. The lowest BCUT2D eigenvalue weighted by atomic mass is 10.1. The fourth-order valence-corrected chi connectivity index (χ4v) is 1.77. The highest BCUT2D eigenvalue weighted by atomic mass is 16.6. The Kier molecular flexibility index (Phi) is 4.28. The summed E-state index contributed by atoms with van der Waals surface area (Å²) in [6.07, 6.45) is -0.0736. The Balaban J connectivity index is 2.03. The van der Waals surface area contributed by atoms with E-state index < -0.39 is 4.92 Å². The van der Waals surface area contributed by atoms with Crippen molar-refractivity contribution >= 4 is 11.4 Å². The van der Waals surface area contributed by atoms with Crippen LogP contribution in [0.1, 0.15) is 5.56 Å². The number of non-ortho nitro benzene ring substituents is 1. The fraction of sp³-hybridized carbons (Fsp3) is 0.417. The number of nitro groups is 1. The zero-order valence-corrected chi connectivity index (χ0v) is 10.2. The molecule has 7 nitrogen and oxygen atoms in total. The molecule has 1 aliphatic rings. The van der Waals surface area contributed by atoms with Crippen LogP contribution >= 0.6 is 0 Å². The van der Waals surface area contributed by atoms with E-state index in [4.69, 9.17) is 14.7 Å². The van der Waals surface area contributed by atoms with Gasteiger partial charge in [0.15, 0.2) is 0 Å². The van der Waals surface area contributed by atoms with Crippen LogP contribution < -0.4 is 5.32 Å². The summed E-state index contributed by atoms with van der Waals surface area (Å²) in [6.45, 7) is 2.14.